The summed E-state index contributed by atoms with van der Waals surface area (Å²) in [5.41, 5.74) is 2.98. The zero-order valence-electron chi connectivity index (χ0n) is 16.4. The highest BCUT2D eigenvalue weighted by atomic mass is 32.1. The van der Waals surface area contributed by atoms with Crippen LogP contribution < -0.4 is 15.4 Å². The monoisotopic (exact) mass is 397 g/mol. The van der Waals surface area contributed by atoms with Gasteiger partial charge >= 0.3 is 0 Å². The van der Waals surface area contributed by atoms with Crippen LogP contribution in [0.4, 0.5) is 5.69 Å². The van der Waals surface area contributed by atoms with Gasteiger partial charge in [0.15, 0.2) is 0 Å². The van der Waals surface area contributed by atoms with E-state index in [0.29, 0.717) is 4.99 Å². The number of amides is 1. The van der Waals surface area contributed by atoms with Crippen LogP contribution in [-0.4, -0.2) is 42.5 Å². The van der Waals surface area contributed by atoms with Gasteiger partial charge in [-0.15, -0.1) is 0 Å². The molecule has 1 atom stereocenters. The van der Waals surface area contributed by atoms with Crippen LogP contribution in [0.5, 0.6) is 5.75 Å². The number of hydrogen-bond acceptors (Lipinski definition) is 4. The van der Waals surface area contributed by atoms with Crippen LogP contribution in [-0.2, 0) is 4.79 Å². The van der Waals surface area contributed by atoms with E-state index in [1.165, 1.54) is 25.3 Å². The van der Waals surface area contributed by atoms with E-state index in [0.717, 1.165) is 36.6 Å². The van der Waals surface area contributed by atoms with Gasteiger partial charge in [-0.3, -0.25) is 9.69 Å². The standard InChI is InChI=1S/C22H27N3O2S/c1-16(26)24-19-9-5-18(6-10-19)22(28)23-15-21(25-13-3-4-14-25)17-7-11-20(27-2)12-8-17/h5-12,21H,3-4,13-15H2,1-2H3,(H,23,28)(H,24,26)/t21-/m0/s1. The van der Waals surface area contributed by atoms with Crippen molar-refractivity contribution >= 4 is 28.8 Å². The highest BCUT2D eigenvalue weighted by Gasteiger charge is 2.23. The summed E-state index contributed by atoms with van der Waals surface area (Å²) in [7, 11) is 1.68. The fraction of sp³-hybridized carbons (Fsp3) is 0.364. The maximum Gasteiger partial charge on any atom is 0.221 e. The van der Waals surface area contributed by atoms with Crippen molar-refractivity contribution in [2.24, 2.45) is 0 Å². The van der Waals surface area contributed by atoms with Crippen LogP contribution in [0, 0.1) is 0 Å². The van der Waals surface area contributed by atoms with Crippen molar-refractivity contribution in [2.45, 2.75) is 25.8 Å². The number of methoxy groups -OCH3 is 1. The Kier molecular flexibility index (Phi) is 7.01. The molecule has 148 valence electrons. The van der Waals surface area contributed by atoms with E-state index in [2.05, 4.69) is 27.7 Å². The highest BCUT2D eigenvalue weighted by molar-refractivity contribution is 7.80. The van der Waals surface area contributed by atoms with E-state index >= 15 is 0 Å². The molecule has 1 amide bonds. The Bertz CT molecular complexity index is 800. The van der Waals surface area contributed by atoms with Gasteiger partial charge in [0.2, 0.25) is 5.91 Å². The minimum atomic E-state index is -0.0820. The fourth-order valence-corrected chi connectivity index (χ4v) is 3.76. The predicted molar refractivity (Wildman–Crippen MR) is 117 cm³/mol. The highest BCUT2D eigenvalue weighted by Crippen LogP contribution is 2.26. The summed E-state index contributed by atoms with van der Waals surface area (Å²) in [4.78, 5) is 14.4. The van der Waals surface area contributed by atoms with Crippen LogP contribution in [0.25, 0.3) is 0 Å². The van der Waals surface area contributed by atoms with E-state index in [9.17, 15) is 4.79 Å². The number of carbonyl (C=O) groups is 1. The number of thiocarbonyl (C=S) groups is 1. The molecule has 2 aromatic rings. The Morgan fingerprint density at radius 3 is 2.32 bits per heavy atom. The number of ether oxygens (including phenoxy) is 1. The number of rotatable bonds is 7. The van der Waals surface area contributed by atoms with E-state index in [1.54, 1.807) is 7.11 Å². The van der Waals surface area contributed by atoms with Crippen LogP contribution in [0.2, 0.25) is 0 Å². The molecule has 2 N–H and O–H groups in total. The molecule has 1 aliphatic heterocycles. The van der Waals surface area contributed by atoms with E-state index in [4.69, 9.17) is 17.0 Å². The van der Waals surface area contributed by atoms with Gasteiger partial charge < -0.3 is 15.4 Å². The molecule has 3 rings (SSSR count). The van der Waals surface area contributed by atoms with Crippen molar-refractivity contribution in [1.82, 2.24) is 10.2 Å². The van der Waals surface area contributed by atoms with E-state index < -0.39 is 0 Å². The third kappa shape index (κ3) is 5.30. The average Bonchev–Trinajstić information content (AvgIpc) is 3.23. The summed E-state index contributed by atoms with van der Waals surface area (Å²) in [6.07, 6.45) is 2.48. The van der Waals surface area contributed by atoms with Crippen molar-refractivity contribution in [2.75, 3.05) is 32.1 Å². The Morgan fingerprint density at radius 1 is 1.11 bits per heavy atom. The minimum absolute atomic E-state index is 0.0820. The van der Waals surface area contributed by atoms with Crippen LogP contribution in [0.3, 0.4) is 0 Å². The molecule has 1 heterocycles. The number of likely N-dealkylation sites (tertiary alicyclic amines) is 1. The molecule has 2 aromatic carbocycles. The lowest BCUT2D eigenvalue weighted by atomic mass is 10.0. The first-order valence-electron chi connectivity index (χ1n) is 9.60. The number of benzene rings is 2. The van der Waals surface area contributed by atoms with Crippen molar-refractivity contribution in [3.8, 4) is 5.75 Å². The van der Waals surface area contributed by atoms with Crippen LogP contribution in [0.1, 0.15) is 36.9 Å². The molecule has 0 aliphatic carbocycles. The smallest absolute Gasteiger partial charge is 0.221 e. The molecule has 6 heteroatoms. The van der Waals surface area contributed by atoms with E-state index in [-0.39, 0.29) is 11.9 Å². The van der Waals surface area contributed by atoms with Gasteiger partial charge in [-0.25, -0.2) is 0 Å². The summed E-state index contributed by atoms with van der Waals surface area (Å²) in [5.74, 6) is 0.785. The SMILES string of the molecule is COc1ccc([C@H](CNC(=S)c2ccc(NC(C)=O)cc2)N2CCCC2)cc1. The van der Waals surface area contributed by atoms with Crippen LogP contribution in [0.15, 0.2) is 48.5 Å². The Hall–Kier alpha value is -2.44. The largest absolute Gasteiger partial charge is 0.497 e. The molecule has 0 unspecified atom stereocenters. The van der Waals surface area contributed by atoms with Crippen molar-refractivity contribution < 1.29 is 9.53 Å². The predicted octanol–water partition coefficient (Wildman–Crippen LogP) is 3.76. The Morgan fingerprint density at radius 2 is 1.75 bits per heavy atom. The molecule has 1 aliphatic rings. The first kappa shape index (κ1) is 20.3. The van der Waals surface area contributed by atoms with Crippen molar-refractivity contribution in [3.05, 3.63) is 59.7 Å². The minimum Gasteiger partial charge on any atom is -0.497 e. The third-order valence-electron chi connectivity index (χ3n) is 5.01. The molecule has 0 bridgehead atoms. The average molecular weight is 398 g/mol. The maximum atomic E-state index is 11.1. The number of carbonyl (C=O) groups excluding carboxylic acids is 1. The summed E-state index contributed by atoms with van der Waals surface area (Å²) in [6, 6.07) is 16.2. The van der Waals surface area contributed by atoms with Gasteiger partial charge in [-0.1, -0.05) is 24.4 Å². The second-order valence-corrected chi connectivity index (χ2v) is 7.41. The number of nitrogens with zero attached hydrogens (tertiary/aromatic N) is 1. The summed E-state index contributed by atoms with van der Waals surface area (Å²) >= 11 is 5.60. The van der Waals surface area contributed by atoms with Crippen LogP contribution >= 0.6 is 12.2 Å². The number of hydrogen-bond donors (Lipinski definition) is 2. The first-order valence-corrected chi connectivity index (χ1v) is 10.0. The second kappa shape index (κ2) is 9.66. The molecule has 0 radical (unpaired) electrons. The zero-order valence-corrected chi connectivity index (χ0v) is 17.2. The molecule has 1 saturated heterocycles. The molecule has 0 saturated carbocycles. The molecule has 0 spiro atoms. The topological polar surface area (TPSA) is 53.6 Å². The quantitative estimate of drug-likeness (QED) is 0.697. The van der Waals surface area contributed by atoms with E-state index in [1.807, 2.05) is 36.4 Å². The first-order chi connectivity index (χ1) is 13.6. The Labute approximate surface area is 172 Å². The summed E-state index contributed by atoms with van der Waals surface area (Å²) in [6.45, 7) is 4.46. The molecule has 28 heavy (non-hydrogen) atoms. The number of nitrogens with one attached hydrogen (secondary N) is 2. The second-order valence-electron chi connectivity index (χ2n) is 7.00. The van der Waals surface area contributed by atoms with Crippen molar-refractivity contribution in [3.63, 3.8) is 0 Å². The normalized spacial score (nSPS) is 15.1. The zero-order chi connectivity index (χ0) is 19.9. The summed E-state index contributed by atoms with van der Waals surface area (Å²) < 4.78 is 5.29. The summed E-state index contributed by atoms with van der Waals surface area (Å²) in [5, 5.41) is 6.20. The number of anilines is 1. The fourth-order valence-electron chi connectivity index (χ4n) is 3.54. The van der Waals surface area contributed by atoms with Gasteiger partial charge in [0.1, 0.15) is 10.7 Å². The van der Waals surface area contributed by atoms with Crippen molar-refractivity contribution in [1.29, 1.82) is 0 Å². The lowest BCUT2D eigenvalue weighted by Crippen LogP contribution is -2.36. The Balaban J connectivity index is 1.66. The lowest BCUT2D eigenvalue weighted by Gasteiger charge is -2.29. The van der Waals surface area contributed by atoms with Gasteiger partial charge in [0.25, 0.3) is 0 Å². The molecular formula is C22H27N3O2S. The van der Waals surface area contributed by atoms with Gasteiger partial charge in [0, 0.05) is 24.7 Å². The lowest BCUT2D eigenvalue weighted by molar-refractivity contribution is -0.114. The van der Waals surface area contributed by atoms with Gasteiger partial charge in [-0.2, -0.15) is 0 Å². The molecular weight excluding hydrogens is 370 g/mol. The molecule has 5 nitrogen and oxygen atoms in total. The third-order valence-corrected chi connectivity index (χ3v) is 5.39. The maximum absolute atomic E-state index is 11.1. The van der Waals surface area contributed by atoms with Gasteiger partial charge in [-0.05, 0) is 67.9 Å². The molecule has 0 aromatic heterocycles. The molecule has 1 fully saturated rings. The van der Waals surface area contributed by atoms with Gasteiger partial charge in [0.05, 0.1) is 13.2 Å².